The van der Waals surface area contributed by atoms with E-state index in [0.29, 0.717) is 5.75 Å². The largest absolute Gasteiger partial charge is 0.449 e. The Bertz CT molecular complexity index is 979. The summed E-state index contributed by atoms with van der Waals surface area (Å²) in [5, 5.41) is 4.96. The van der Waals surface area contributed by atoms with Crippen LogP contribution < -0.4 is 15.4 Å². The van der Waals surface area contributed by atoms with Gasteiger partial charge in [-0.1, -0.05) is 37.1 Å². The molecule has 8 heteroatoms. The van der Waals surface area contributed by atoms with E-state index >= 15 is 0 Å². The molecule has 0 aliphatic heterocycles. The van der Waals surface area contributed by atoms with Crippen molar-refractivity contribution in [2.24, 2.45) is 0 Å². The van der Waals surface area contributed by atoms with Gasteiger partial charge in [-0.2, -0.15) is 0 Å². The molecule has 1 atom stereocenters. The van der Waals surface area contributed by atoms with Gasteiger partial charge in [-0.25, -0.2) is 9.59 Å². The summed E-state index contributed by atoms with van der Waals surface area (Å²) in [6.07, 6.45) is 2.80. The number of urea groups is 1. The lowest BCUT2D eigenvalue weighted by atomic mass is 10.0. The number of imide groups is 1. The average molecular weight is 438 g/mol. The van der Waals surface area contributed by atoms with Crippen molar-refractivity contribution in [3.8, 4) is 16.9 Å². The lowest BCUT2D eigenvalue weighted by Crippen LogP contribution is -2.47. The smallest absolute Gasteiger partial charge is 0.338 e. The van der Waals surface area contributed by atoms with Crippen LogP contribution in [0.4, 0.5) is 4.79 Å². The summed E-state index contributed by atoms with van der Waals surface area (Å²) in [5.74, 6) is -1.29. The van der Waals surface area contributed by atoms with E-state index in [-0.39, 0.29) is 11.6 Å². The molecule has 0 aromatic heterocycles. The third-order valence-electron chi connectivity index (χ3n) is 5.15. The second-order valence-corrected chi connectivity index (χ2v) is 7.69. The van der Waals surface area contributed by atoms with Crippen LogP contribution in [0, 0.1) is 0 Å². The highest BCUT2D eigenvalue weighted by atomic mass is 16.5. The molecular weight excluding hydrogens is 412 g/mol. The second kappa shape index (κ2) is 10.6. The van der Waals surface area contributed by atoms with E-state index < -0.39 is 30.0 Å². The average Bonchev–Trinajstić information content (AvgIpc) is 3.26. The number of nitrogens with one attached hydrogen (secondary N) is 2. The zero-order chi connectivity index (χ0) is 23.1. The van der Waals surface area contributed by atoms with Gasteiger partial charge in [0.2, 0.25) is 0 Å². The quantitative estimate of drug-likeness (QED) is 0.527. The Labute approximate surface area is 186 Å². The van der Waals surface area contributed by atoms with Crippen LogP contribution in [0.15, 0.2) is 48.5 Å². The van der Waals surface area contributed by atoms with Gasteiger partial charge in [0.15, 0.2) is 6.10 Å². The van der Waals surface area contributed by atoms with Crippen LogP contribution in [0.2, 0.25) is 0 Å². The molecule has 8 nitrogen and oxygen atoms in total. The molecule has 0 radical (unpaired) electrons. The van der Waals surface area contributed by atoms with Crippen LogP contribution in [-0.2, 0) is 14.3 Å². The number of rotatable bonds is 6. The molecule has 2 aromatic carbocycles. The molecule has 1 fully saturated rings. The summed E-state index contributed by atoms with van der Waals surface area (Å²) in [7, 11) is 0. The first kappa shape index (κ1) is 23.0. The number of esters is 2. The normalized spacial score (nSPS) is 14.3. The molecule has 0 heterocycles. The molecule has 0 bridgehead atoms. The highest BCUT2D eigenvalue weighted by Crippen LogP contribution is 2.23. The molecule has 0 saturated heterocycles. The fourth-order valence-corrected chi connectivity index (χ4v) is 3.47. The van der Waals surface area contributed by atoms with Crippen LogP contribution in [-0.4, -0.2) is 36.0 Å². The first-order valence-electron chi connectivity index (χ1n) is 10.5. The van der Waals surface area contributed by atoms with E-state index in [2.05, 4.69) is 10.6 Å². The number of hydrogen-bond donors (Lipinski definition) is 2. The van der Waals surface area contributed by atoms with E-state index in [9.17, 15) is 19.2 Å². The van der Waals surface area contributed by atoms with Gasteiger partial charge < -0.3 is 14.8 Å². The van der Waals surface area contributed by atoms with Gasteiger partial charge in [-0.05, 0) is 55.2 Å². The van der Waals surface area contributed by atoms with Crippen molar-refractivity contribution in [2.75, 3.05) is 0 Å². The molecule has 0 spiro atoms. The Balaban J connectivity index is 1.52. The maximum atomic E-state index is 12.4. The van der Waals surface area contributed by atoms with Crippen LogP contribution in [0.3, 0.4) is 0 Å². The summed E-state index contributed by atoms with van der Waals surface area (Å²) >= 11 is 0. The molecule has 3 amide bonds. The van der Waals surface area contributed by atoms with E-state index in [0.717, 1.165) is 36.8 Å². The zero-order valence-electron chi connectivity index (χ0n) is 18.1. The van der Waals surface area contributed by atoms with Gasteiger partial charge >= 0.3 is 18.0 Å². The van der Waals surface area contributed by atoms with E-state index in [1.54, 1.807) is 48.5 Å². The first-order chi connectivity index (χ1) is 15.3. The number of carbonyl (C=O) groups is 4. The van der Waals surface area contributed by atoms with Crippen LogP contribution in [0.1, 0.15) is 49.9 Å². The third kappa shape index (κ3) is 6.41. The van der Waals surface area contributed by atoms with Gasteiger partial charge in [0.25, 0.3) is 5.91 Å². The molecule has 32 heavy (non-hydrogen) atoms. The van der Waals surface area contributed by atoms with Gasteiger partial charge in [0.05, 0.1) is 5.56 Å². The van der Waals surface area contributed by atoms with Gasteiger partial charge in [-0.15, -0.1) is 0 Å². The predicted octanol–water partition coefficient (Wildman–Crippen LogP) is 3.59. The molecule has 1 saturated carbocycles. The Kier molecular flexibility index (Phi) is 7.59. The fraction of sp³-hybridized carbons (Fsp3) is 0.333. The van der Waals surface area contributed by atoms with Crippen molar-refractivity contribution in [1.29, 1.82) is 0 Å². The molecule has 2 N–H and O–H groups in total. The number of hydrogen-bond acceptors (Lipinski definition) is 6. The Hall–Kier alpha value is -3.68. The molecule has 3 rings (SSSR count). The highest BCUT2D eigenvalue weighted by Gasteiger charge is 2.23. The Morgan fingerprint density at radius 1 is 0.906 bits per heavy atom. The first-order valence-corrected chi connectivity index (χ1v) is 10.5. The van der Waals surface area contributed by atoms with Gasteiger partial charge in [0.1, 0.15) is 5.75 Å². The molecule has 1 unspecified atom stereocenters. The van der Waals surface area contributed by atoms with E-state index in [1.165, 1.54) is 13.8 Å². The standard InChI is InChI=1S/C24H26N2O6/c1-15(22(28)26-24(30)25-20-5-3-4-6-20)31-23(29)19-9-7-17(8-10-19)18-11-13-21(14-12-18)32-16(2)27/h7-15,20H,3-6H2,1-2H3,(H2,25,26,28,30). The lowest BCUT2D eigenvalue weighted by Gasteiger charge is -2.15. The monoisotopic (exact) mass is 438 g/mol. The fourth-order valence-electron chi connectivity index (χ4n) is 3.47. The summed E-state index contributed by atoms with van der Waals surface area (Å²) in [6, 6.07) is 13.2. The zero-order valence-corrected chi connectivity index (χ0v) is 18.1. The van der Waals surface area contributed by atoms with Crippen LogP contribution in [0.5, 0.6) is 5.75 Å². The summed E-state index contributed by atoms with van der Waals surface area (Å²) < 4.78 is 10.2. The summed E-state index contributed by atoms with van der Waals surface area (Å²) in [5.41, 5.74) is 2.01. The van der Waals surface area contributed by atoms with Crippen molar-refractivity contribution in [3.63, 3.8) is 0 Å². The minimum atomic E-state index is -1.12. The van der Waals surface area contributed by atoms with E-state index in [4.69, 9.17) is 9.47 Å². The maximum Gasteiger partial charge on any atom is 0.338 e. The summed E-state index contributed by atoms with van der Waals surface area (Å²) in [4.78, 5) is 47.4. The van der Waals surface area contributed by atoms with Crippen molar-refractivity contribution in [3.05, 3.63) is 54.1 Å². The Morgan fingerprint density at radius 3 is 2.03 bits per heavy atom. The van der Waals surface area contributed by atoms with Crippen LogP contribution >= 0.6 is 0 Å². The third-order valence-corrected chi connectivity index (χ3v) is 5.15. The van der Waals surface area contributed by atoms with E-state index in [1.807, 2.05) is 0 Å². The number of carbonyl (C=O) groups excluding carboxylic acids is 4. The van der Waals surface area contributed by atoms with Crippen molar-refractivity contribution >= 4 is 23.9 Å². The Morgan fingerprint density at radius 2 is 1.47 bits per heavy atom. The van der Waals surface area contributed by atoms with Crippen molar-refractivity contribution in [2.45, 2.75) is 51.7 Å². The number of benzene rings is 2. The topological polar surface area (TPSA) is 111 Å². The predicted molar refractivity (Wildman–Crippen MR) is 117 cm³/mol. The molecule has 1 aliphatic carbocycles. The summed E-state index contributed by atoms with van der Waals surface area (Å²) in [6.45, 7) is 2.75. The number of ether oxygens (including phenoxy) is 2. The molecule has 2 aromatic rings. The molecular formula is C24H26N2O6. The second-order valence-electron chi connectivity index (χ2n) is 7.69. The molecule has 1 aliphatic rings. The highest BCUT2D eigenvalue weighted by molar-refractivity contribution is 5.98. The lowest BCUT2D eigenvalue weighted by molar-refractivity contribution is -0.132. The van der Waals surface area contributed by atoms with Crippen molar-refractivity contribution < 1.29 is 28.7 Å². The molecule has 168 valence electrons. The van der Waals surface area contributed by atoms with Gasteiger partial charge in [-0.3, -0.25) is 14.9 Å². The number of amides is 3. The minimum Gasteiger partial charge on any atom is -0.449 e. The SMILES string of the molecule is CC(=O)Oc1ccc(-c2ccc(C(=O)OC(C)C(=O)NC(=O)NC3CCCC3)cc2)cc1. The minimum absolute atomic E-state index is 0.0806. The van der Waals surface area contributed by atoms with Crippen molar-refractivity contribution in [1.82, 2.24) is 10.6 Å². The van der Waals surface area contributed by atoms with Crippen LogP contribution in [0.25, 0.3) is 11.1 Å². The maximum absolute atomic E-state index is 12.4. The van der Waals surface area contributed by atoms with Gasteiger partial charge in [0, 0.05) is 13.0 Å².